The van der Waals surface area contributed by atoms with Gasteiger partial charge in [-0.3, -0.25) is 4.79 Å². The Bertz CT molecular complexity index is 215. The summed E-state index contributed by atoms with van der Waals surface area (Å²) < 4.78 is 36.2. The molecule has 0 aromatic carbocycles. The van der Waals surface area contributed by atoms with Gasteiger partial charge in [0.15, 0.2) is 0 Å². The summed E-state index contributed by atoms with van der Waals surface area (Å²) in [6, 6.07) is 0. The molecular weight excluding hydrogens is 263 g/mol. The lowest BCUT2D eigenvalue weighted by molar-refractivity contribution is -0.161. The third-order valence-corrected chi connectivity index (χ3v) is 2.32. The SMILES string of the molecule is O=C(C1CC1)N(CCBr)CC(F)(F)F. The first-order chi connectivity index (χ1) is 6.44. The molecule has 0 bridgehead atoms. The number of hydrogen-bond donors (Lipinski definition) is 0. The Hall–Kier alpha value is -0.260. The van der Waals surface area contributed by atoms with Gasteiger partial charge in [-0.05, 0) is 12.8 Å². The molecule has 1 saturated carbocycles. The van der Waals surface area contributed by atoms with E-state index in [4.69, 9.17) is 0 Å². The largest absolute Gasteiger partial charge is 0.406 e. The van der Waals surface area contributed by atoms with Gasteiger partial charge in [-0.15, -0.1) is 0 Å². The van der Waals surface area contributed by atoms with Crippen molar-refractivity contribution in [3.8, 4) is 0 Å². The maximum absolute atomic E-state index is 12.1. The molecule has 14 heavy (non-hydrogen) atoms. The predicted octanol–water partition coefficient (Wildman–Crippen LogP) is 2.18. The van der Waals surface area contributed by atoms with Gasteiger partial charge in [0.2, 0.25) is 5.91 Å². The third kappa shape index (κ3) is 3.86. The highest BCUT2D eigenvalue weighted by molar-refractivity contribution is 9.09. The molecule has 0 aromatic rings. The van der Waals surface area contributed by atoms with Crippen molar-refractivity contribution >= 4 is 21.8 Å². The molecular formula is C8H11BrF3NO. The number of carbonyl (C=O) groups excluding carboxylic acids is 1. The van der Waals surface area contributed by atoms with E-state index in [1.807, 2.05) is 0 Å². The summed E-state index contributed by atoms with van der Waals surface area (Å²) in [7, 11) is 0. The second-order valence-corrected chi connectivity index (χ2v) is 4.13. The van der Waals surface area contributed by atoms with E-state index in [1.165, 1.54) is 0 Å². The molecule has 0 atom stereocenters. The monoisotopic (exact) mass is 273 g/mol. The van der Waals surface area contributed by atoms with Crippen LogP contribution in [-0.2, 0) is 4.79 Å². The van der Waals surface area contributed by atoms with E-state index in [1.54, 1.807) is 0 Å². The Morgan fingerprint density at radius 2 is 2.00 bits per heavy atom. The van der Waals surface area contributed by atoms with E-state index in [0.717, 1.165) is 17.7 Å². The molecule has 1 amide bonds. The highest BCUT2D eigenvalue weighted by Gasteiger charge is 2.38. The molecule has 1 aliphatic carbocycles. The number of rotatable bonds is 4. The molecule has 0 N–H and O–H groups in total. The molecule has 0 unspecified atom stereocenters. The minimum atomic E-state index is -4.30. The van der Waals surface area contributed by atoms with Crippen molar-refractivity contribution in [1.82, 2.24) is 4.90 Å². The molecule has 0 aliphatic heterocycles. The Labute approximate surface area is 88.6 Å². The first-order valence-electron chi connectivity index (χ1n) is 4.35. The van der Waals surface area contributed by atoms with Crippen LogP contribution in [0.5, 0.6) is 0 Å². The summed E-state index contributed by atoms with van der Waals surface area (Å²) in [6.45, 7) is -1.01. The van der Waals surface area contributed by atoms with Gasteiger partial charge >= 0.3 is 6.18 Å². The topological polar surface area (TPSA) is 20.3 Å². The maximum Gasteiger partial charge on any atom is 0.406 e. The fourth-order valence-corrected chi connectivity index (χ4v) is 1.60. The number of carbonyl (C=O) groups is 1. The summed E-state index contributed by atoms with van der Waals surface area (Å²) in [5, 5.41) is 0.377. The lowest BCUT2D eigenvalue weighted by Gasteiger charge is -2.22. The van der Waals surface area contributed by atoms with Gasteiger partial charge in [-0.25, -0.2) is 0 Å². The van der Waals surface area contributed by atoms with Gasteiger partial charge in [-0.1, -0.05) is 15.9 Å². The van der Waals surface area contributed by atoms with Gasteiger partial charge in [0.25, 0.3) is 0 Å². The first kappa shape index (κ1) is 11.8. The molecule has 0 aromatic heterocycles. The molecule has 1 aliphatic rings. The van der Waals surface area contributed by atoms with Crippen molar-refractivity contribution < 1.29 is 18.0 Å². The Balaban J connectivity index is 2.49. The molecule has 0 saturated heterocycles. The highest BCUT2D eigenvalue weighted by atomic mass is 79.9. The van der Waals surface area contributed by atoms with E-state index in [-0.39, 0.29) is 18.4 Å². The highest BCUT2D eigenvalue weighted by Crippen LogP contribution is 2.32. The fraction of sp³-hybridized carbons (Fsp3) is 0.875. The van der Waals surface area contributed by atoms with Crippen LogP contribution in [0, 0.1) is 5.92 Å². The average molecular weight is 274 g/mol. The quantitative estimate of drug-likeness (QED) is 0.719. The van der Waals surface area contributed by atoms with Crippen LogP contribution in [-0.4, -0.2) is 35.4 Å². The van der Waals surface area contributed by atoms with Crippen molar-refractivity contribution in [3.63, 3.8) is 0 Å². The van der Waals surface area contributed by atoms with Gasteiger partial charge in [0.1, 0.15) is 6.54 Å². The van der Waals surface area contributed by atoms with Gasteiger partial charge < -0.3 is 4.90 Å². The molecule has 2 nitrogen and oxygen atoms in total. The Kier molecular flexibility index (Phi) is 3.80. The molecule has 0 heterocycles. The number of halogens is 4. The van der Waals surface area contributed by atoms with E-state index >= 15 is 0 Å². The molecule has 1 rings (SSSR count). The van der Waals surface area contributed by atoms with Crippen molar-refractivity contribution in [2.24, 2.45) is 5.92 Å². The van der Waals surface area contributed by atoms with Crippen LogP contribution in [0.4, 0.5) is 13.2 Å². The predicted molar refractivity (Wildman–Crippen MR) is 49.2 cm³/mol. The molecule has 0 spiro atoms. The van der Waals surface area contributed by atoms with Crippen molar-refractivity contribution in [2.75, 3.05) is 18.4 Å². The van der Waals surface area contributed by atoms with Crippen LogP contribution in [0.25, 0.3) is 0 Å². The van der Waals surface area contributed by atoms with Crippen LogP contribution in [0.3, 0.4) is 0 Å². The van der Waals surface area contributed by atoms with Crippen molar-refractivity contribution in [3.05, 3.63) is 0 Å². The third-order valence-electron chi connectivity index (χ3n) is 1.96. The normalized spacial score (nSPS) is 16.9. The zero-order valence-electron chi connectivity index (χ0n) is 7.48. The summed E-state index contributed by atoms with van der Waals surface area (Å²) in [4.78, 5) is 12.3. The molecule has 6 heteroatoms. The van der Waals surface area contributed by atoms with Crippen LogP contribution >= 0.6 is 15.9 Å². The minimum absolute atomic E-state index is 0.120. The van der Waals surface area contributed by atoms with Gasteiger partial charge in [0.05, 0.1) is 0 Å². The number of amides is 1. The molecule has 82 valence electrons. The van der Waals surface area contributed by atoms with Crippen molar-refractivity contribution in [2.45, 2.75) is 19.0 Å². The smallest absolute Gasteiger partial charge is 0.333 e. The second-order valence-electron chi connectivity index (χ2n) is 3.34. The Morgan fingerprint density at radius 3 is 2.36 bits per heavy atom. The average Bonchev–Trinajstić information content (AvgIpc) is 2.82. The molecule has 0 radical (unpaired) electrons. The first-order valence-corrected chi connectivity index (χ1v) is 5.47. The summed E-state index contributed by atoms with van der Waals surface area (Å²) in [6.07, 6.45) is -2.84. The lowest BCUT2D eigenvalue weighted by atomic mass is 10.3. The van der Waals surface area contributed by atoms with E-state index in [9.17, 15) is 18.0 Å². The summed E-state index contributed by atoms with van der Waals surface area (Å²) in [5.74, 6) is -0.516. The number of hydrogen-bond acceptors (Lipinski definition) is 1. The van der Waals surface area contributed by atoms with Gasteiger partial charge in [-0.2, -0.15) is 13.2 Å². The van der Waals surface area contributed by atoms with Gasteiger partial charge in [0, 0.05) is 17.8 Å². The summed E-state index contributed by atoms with van der Waals surface area (Å²) in [5.41, 5.74) is 0. The van der Waals surface area contributed by atoms with Crippen LogP contribution in [0.1, 0.15) is 12.8 Å². The van der Waals surface area contributed by atoms with Crippen LogP contribution < -0.4 is 0 Å². The maximum atomic E-state index is 12.1. The number of nitrogens with zero attached hydrogens (tertiary/aromatic N) is 1. The minimum Gasteiger partial charge on any atom is -0.333 e. The van der Waals surface area contributed by atoms with E-state index in [0.29, 0.717) is 5.33 Å². The fourth-order valence-electron chi connectivity index (χ4n) is 1.17. The van der Waals surface area contributed by atoms with Crippen LogP contribution in [0.2, 0.25) is 0 Å². The lowest BCUT2D eigenvalue weighted by Crippen LogP contribution is -2.40. The molecule has 1 fully saturated rings. The zero-order chi connectivity index (χ0) is 10.8. The number of alkyl halides is 4. The summed E-state index contributed by atoms with van der Waals surface area (Å²) >= 11 is 3.03. The standard InChI is InChI=1S/C8H11BrF3NO/c9-3-4-13(5-8(10,11)12)7(14)6-1-2-6/h6H,1-5H2. The Morgan fingerprint density at radius 1 is 1.43 bits per heavy atom. The second kappa shape index (κ2) is 4.51. The van der Waals surface area contributed by atoms with E-state index in [2.05, 4.69) is 15.9 Å². The zero-order valence-corrected chi connectivity index (χ0v) is 9.07. The van der Waals surface area contributed by atoms with Crippen molar-refractivity contribution in [1.29, 1.82) is 0 Å². The van der Waals surface area contributed by atoms with Crippen LogP contribution in [0.15, 0.2) is 0 Å². The van der Waals surface area contributed by atoms with E-state index < -0.39 is 12.7 Å².